The number of carbonyl (C=O) groups is 2. The van der Waals surface area contributed by atoms with Crippen molar-refractivity contribution in [1.82, 2.24) is 20.6 Å². The van der Waals surface area contributed by atoms with E-state index in [-0.39, 0.29) is 49.1 Å². The number of para-hydroxylation sites is 1. The van der Waals surface area contributed by atoms with Gasteiger partial charge in [-0.05, 0) is 79.0 Å². The SMILES string of the molecule is COc1c(CN2O[C@@H](CO)[C@@H]([C@H](C)O)[C@H]2C(=O)N[C@H]2C[C@@H]3C[C@H]([C@@H]2C)C3(C)C)cccc1-c1cc(C(=O)N[C@@H](CC(C)C)CN2CCOCC2)cc(N(C)CCO)c1. The molecule has 3 saturated carbocycles. The van der Waals surface area contributed by atoms with Crippen molar-refractivity contribution in [3.05, 3.63) is 47.5 Å². The number of carbonyl (C=O) groups excluding carboxylic acids is 2. The second-order valence-electron chi connectivity index (χ2n) is 18.4. The average Bonchev–Trinajstić information content (AvgIpc) is 3.57. The van der Waals surface area contributed by atoms with Crippen LogP contribution in [-0.2, 0) is 20.9 Å². The predicted molar refractivity (Wildman–Crippen MR) is 224 cm³/mol. The molecule has 3 aliphatic carbocycles. The van der Waals surface area contributed by atoms with Crippen LogP contribution in [0.5, 0.6) is 5.75 Å². The first-order chi connectivity index (χ1) is 27.7. The summed E-state index contributed by atoms with van der Waals surface area (Å²) in [5, 5.41) is 39.5. The summed E-state index contributed by atoms with van der Waals surface area (Å²) in [5.41, 5.74) is 3.75. The first-order valence-corrected chi connectivity index (χ1v) is 21.4. The molecule has 5 N–H and O–H groups in total. The quantitative estimate of drug-likeness (QED) is 0.158. The van der Waals surface area contributed by atoms with Crippen LogP contribution in [0, 0.1) is 35.0 Å². The molecule has 2 saturated heterocycles. The second-order valence-corrected chi connectivity index (χ2v) is 18.4. The molecule has 58 heavy (non-hydrogen) atoms. The molecule has 2 amide bonds. The van der Waals surface area contributed by atoms with Crippen molar-refractivity contribution in [3.8, 4) is 16.9 Å². The van der Waals surface area contributed by atoms with Gasteiger partial charge in [0.05, 0.1) is 46.2 Å². The van der Waals surface area contributed by atoms with Gasteiger partial charge in [-0.2, -0.15) is 5.06 Å². The van der Waals surface area contributed by atoms with Crippen LogP contribution in [0.1, 0.15) is 76.7 Å². The molecule has 5 aliphatic rings. The minimum atomic E-state index is -0.917. The van der Waals surface area contributed by atoms with Gasteiger partial charge in [0, 0.05) is 73.6 Å². The summed E-state index contributed by atoms with van der Waals surface area (Å²) in [7, 11) is 3.48. The number of morpholine rings is 1. The van der Waals surface area contributed by atoms with Crippen LogP contribution in [0.2, 0.25) is 0 Å². The van der Waals surface area contributed by atoms with Crippen molar-refractivity contribution in [1.29, 1.82) is 0 Å². The lowest BCUT2D eigenvalue weighted by atomic mass is 9.45. The summed E-state index contributed by atoms with van der Waals surface area (Å²) in [6.07, 6.45) is 1.25. The van der Waals surface area contributed by atoms with Gasteiger partial charge in [0.2, 0.25) is 5.91 Å². The molecule has 0 unspecified atom stereocenters. The number of ether oxygens (including phenoxy) is 2. The van der Waals surface area contributed by atoms with E-state index in [1.54, 1.807) is 19.1 Å². The zero-order valence-electron chi connectivity index (χ0n) is 35.9. The molecule has 2 heterocycles. The van der Waals surface area contributed by atoms with Crippen molar-refractivity contribution in [3.63, 3.8) is 0 Å². The summed E-state index contributed by atoms with van der Waals surface area (Å²) >= 11 is 0. The van der Waals surface area contributed by atoms with Gasteiger partial charge in [-0.25, -0.2) is 0 Å². The molecule has 0 aromatic heterocycles. The van der Waals surface area contributed by atoms with Crippen LogP contribution >= 0.6 is 0 Å². The van der Waals surface area contributed by atoms with E-state index in [2.05, 4.69) is 50.2 Å². The fourth-order valence-corrected chi connectivity index (χ4v) is 10.3. The Morgan fingerprint density at radius 2 is 1.83 bits per heavy atom. The standard InChI is InChI=1S/C45H69N5O8/c1-27(2)18-34(25-49-13-16-57-17-14-49)46-43(54)32-19-31(20-35(21-32)48(7)12-15-51)36-11-9-10-30(42(36)56-8)24-50-41(40(29(4)53)39(26-52)58-50)44(55)47-38-23-33-22-37(28(38)3)45(33,5)6/h9-11,19-21,27-29,33-34,37-41,51-53H,12-18,22-26H2,1-8H3,(H,46,54)(H,47,55)/t28-,29-,33-,34-,37+,38-,39-,40+,41-/m0/s1. The molecule has 13 heteroatoms. The molecule has 2 bridgehead atoms. The van der Waals surface area contributed by atoms with Crippen molar-refractivity contribution >= 4 is 17.5 Å². The number of nitrogens with zero attached hydrogens (tertiary/aromatic N) is 3. The number of rotatable bonds is 17. The minimum Gasteiger partial charge on any atom is -0.496 e. The van der Waals surface area contributed by atoms with E-state index < -0.39 is 24.2 Å². The molecule has 2 aromatic rings. The van der Waals surface area contributed by atoms with Gasteiger partial charge in [-0.1, -0.05) is 52.8 Å². The van der Waals surface area contributed by atoms with E-state index in [9.17, 15) is 24.9 Å². The highest BCUT2D eigenvalue weighted by Gasteiger charge is 2.57. The molecule has 5 fully saturated rings. The molecule has 0 spiro atoms. The third-order valence-electron chi connectivity index (χ3n) is 13.7. The summed E-state index contributed by atoms with van der Waals surface area (Å²) in [6, 6.07) is 10.6. The summed E-state index contributed by atoms with van der Waals surface area (Å²) in [6.45, 7) is 16.8. The highest BCUT2D eigenvalue weighted by atomic mass is 16.7. The van der Waals surface area contributed by atoms with E-state index in [4.69, 9.17) is 14.3 Å². The summed E-state index contributed by atoms with van der Waals surface area (Å²) in [4.78, 5) is 39.1. The predicted octanol–water partition coefficient (Wildman–Crippen LogP) is 3.93. The highest BCUT2D eigenvalue weighted by Crippen LogP contribution is 2.61. The summed E-state index contributed by atoms with van der Waals surface area (Å²) in [5.74, 6) is 1.30. The van der Waals surface area contributed by atoms with Crippen LogP contribution in [0.3, 0.4) is 0 Å². The van der Waals surface area contributed by atoms with Gasteiger partial charge >= 0.3 is 0 Å². The van der Waals surface area contributed by atoms with Crippen LogP contribution < -0.4 is 20.3 Å². The normalized spacial score (nSPS) is 28.1. The molecule has 2 aliphatic heterocycles. The van der Waals surface area contributed by atoms with Gasteiger partial charge in [0.25, 0.3) is 5.91 Å². The largest absolute Gasteiger partial charge is 0.496 e. The number of benzene rings is 2. The molecule has 13 nitrogen and oxygen atoms in total. The maximum atomic E-state index is 14.3. The van der Waals surface area contributed by atoms with Gasteiger partial charge in [0.15, 0.2) is 0 Å². The molecule has 322 valence electrons. The Morgan fingerprint density at radius 1 is 1.09 bits per heavy atom. The third kappa shape index (κ3) is 9.51. The lowest BCUT2D eigenvalue weighted by Crippen LogP contribution is -2.62. The van der Waals surface area contributed by atoms with Crippen molar-refractivity contribution in [2.45, 2.75) is 97.7 Å². The first kappa shape index (κ1) is 44.3. The lowest BCUT2D eigenvalue weighted by Gasteiger charge is -2.62. The lowest BCUT2D eigenvalue weighted by molar-refractivity contribution is -0.183. The Balaban J connectivity index is 1.29. The van der Waals surface area contributed by atoms with Gasteiger partial charge in [-0.15, -0.1) is 0 Å². The highest BCUT2D eigenvalue weighted by molar-refractivity contribution is 5.97. The fraction of sp³-hybridized carbons (Fsp3) is 0.689. The second kappa shape index (κ2) is 19.0. The molecular weight excluding hydrogens is 739 g/mol. The molecule has 9 atom stereocenters. The zero-order valence-corrected chi connectivity index (χ0v) is 35.9. The van der Waals surface area contributed by atoms with Crippen molar-refractivity contribution < 1.29 is 39.2 Å². The van der Waals surface area contributed by atoms with Gasteiger partial charge in [0.1, 0.15) is 17.9 Å². The maximum absolute atomic E-state index is 14.3. The van der Waals surface area contributed by atoms with Gasteiger partial charge in [-0.3, -0.25) is 19.3 Å². The van der Waals surface area contributed by atoms with E-state index in [0.29, 0.717) is 54.7 Å². The molecular formula is C45H69N5O8. The minimum absolute atomic E-state index is 0.0227. The number of nitrogens with one attached hydrogen (secondary N) is 2. The number of hydroxylamine groups is 2. The number of likely N-dealkylation sites (N-methyl/N-ethyl adjacent to an activating group) is 1. The number of aliphatic hydroxyl groups excluding tert-OH is 3. The Bertz CT molecular complexity index is 1720. The number of methoxy groups -OCH3 is 1. The number of fused-ring (bicyclic) bond motifs is 2. The van der Waals surface area contributed by atoms with Crippen LogP contribution in [0.25, 0.3) is 11.1 Å². The number of aliphatic hydroxyl groups is 3. The zero-order chi connectivity index (χ0) is 41.9. The number of hydrogen-bond donors (Lipinski definition) is 5. The van der Waals surface area contributed by atoms with E-state index in [1.165, 1.54) is 6.42 Å². The number of anilines is 1. The first-order valence-electron chi connectivity index (χ1n) is 21.4. The van der Waals surface area contributed by atoms with Crippen LogP contribution in [0.15, 0.2) is 36.4 Å². The maximum Gasteiger partial charge on any atom is 0.251 e. The Labute approximate surface area is 345 Å². The topological polar surface area (TPSA) is 156 Å². The molecule has 7 rings (SSSR count). The van der Waals surface area contributed by atoms with Gasteiger partial charge < -0.3 is 40.3 Å². The molecule has 2 aromatic carbocycles. The number of amides is 2. The van der Waals surface area contributed by atoms with E-state index in [0.717, 1.165) is 54.9 Å². The van der Waals surface area contributed by atoms with Crippen molar-refractivity contribution in [2.24, 2.45) is 35.0 Å². The van der Waals surface area contributed by atoms with Crippen LogP contribution in [0.4, 0.5) is 5.69 Å². The van der Waals surface area contributed by atoms with E-state index in [1.807, 2.05) is 48.3 Å². The Kier molecular flexibility index (Phi) is 14.5. The van der Waals surface area contributed by atoms with Crippen LogP contribution in [-0.4, -0.2) is 134 Å². The summed E-state index contributed by atoms with van der Waals surface area (Å²) < 4.78 is 11.7. The smallest absolute Gasteiger partial charge is 0.251 e. The van der Waals surface area contributed by atoms with Crippen molar-refractivity contribution in [2.75, 3.05) is 71.7 Å². The Hall–Kier alpha value is -3.30. The Morgan fingerprint density at radius 3 is 2.45 bits per heavy atom. The fourth-order valence-electron chi connectivity index (χ4n) is 10.3. The third-order valence-corrected chi connectivity index (χ3v) is 13.7. The monoisotopic (exact) mass is 808 g/mol. The average molecular weight is 808 g/mol. The molecule has 0 radical (unpaired) electrons. The van der Waals surface area contributed by atoms with E-state index >= 15 is 0 Å². The number of hydrogen-bond acceptors (Lipinski definition) is 11.